The number of methoxy groups -OCH3 is 1. The summed E-state index contributed by atoms with van der Waals surface area (Å²) in [7, 11) is 1.64. The minimum absolute atomic E-state index is 0.0302. The number of anilines is 2. The van der Waals surface area contributed by atoms with Crippen LogP contribution in [0.15, 0.2) is 66.9 Å². The number of rotatable bonds is 4. The van der Waals surface area contributed by atoms with Crippen LogP contribution in [0.3, 0.4) is 0 Å². The van der Waals surface area contributed by atoms with E-state index in [1.165, 1.54) is 11.1 Å². The maximum atomic E-state index is 12.8. The molecule has 1 amide bonds. The molecule has 0 fully saturated rings. The lowest BCUT2D eigenvalue weighted by Crippen LogP contribution is -2.36. The molecule has 5 nitrogen and oxygen atoms in total. The highest BCUT2D eigenvalue weighted by Crippen LogP contribution is 2.22. The van der Waals surface area contributed by atoms with Crippen LogP contribution in [-0.4, -0.2) is 29.4 Å². The van der Waals surface area contributed by atoms with E-state index in [1.54, 1.807) is 19.4 Å². The van der Waals surface area contributed by atoms with Crippen molar-refractivity contribution in [2.75, 3.05) is 19.0 Å². The van der Waals surface area contributed by atoms with Crippen molar-refractivity contribution in [1.29, 1.82) is 0 Å². The van der Waals surface area contributed by atoms with Crippen molar-refractivity contribution in [2.45, 2.75) is 13.0 Å². The van der Waals surface area contributed by atoms with E-state index in [0.717, 1.165) is 30.1 Å². The summed E-state index contributed by atoms with van der Waals surface area (Å²) in [4.78, 5) is 19.0. The van der Waals surface area contributed by atoms with Gasteiger partial charge in [0.1, 0.15) is 11.4 Å². The topological polar surface area (TPSA) is 54.5 Å². The van der Waals surface area contributed by atoms with Crippen LogP contribution in [0, 0.1) is 0 Å². The number of ether oxygens (including phenoxy) is 1. The molecule has 1 aliphatic rings. The van der Waals surface area contributed by atoms with Gasteiger partial charge in [0, 0.05) is 24.8 Å². The van der Waals surface area contributed by atoms with Crippen LogP contribution in [0.1, 0.15) is 21.6 Å². The van der Waals surface area contributed by atoms with Crippen molar-refractivity contribution >= 4 is 17.3 Å². The number of fused-ring (bicyclic) bond motifs is 1. The summed E-state index contributed by atoms with van der Waals surface area (Å²) in [6.07, 6.45) is 2.57. The first-order valence-electron chi connectivity index (χ1n) is 8.96. The van der Waals surface area contributed by atoms with Gasteiger partial charge in [-0.25, -0.2) is 4.98 Å². The highest BCUT2D eigenvalue weighted by Gasteiger charge is 2.22. The second kappa shape index (κ2) is 7.50. The van der Waals surface area contributed by atoms with Crippen LogP contribution < -0.4 is 10.1 Å². The Morgan fingerprint density at radius 2 is 1.89 bits per heavy atom. The highest BCUT2D eigenvalue weighted by atomic mass is 16.5. The first-order valence-corrected chi connectivity index (χ1v) is 8.96. The Morgan fingerprint density at radius 3 is 2.67 bits per heavy atom. The second-order valence-corrected chi connectivity index (χ2v) is 6.53. The molecule has 4 rings (SSSR count). The highest BCUT2D eigenvalue weighted by molar-refractivity contribution is 5.92. The zero-order valence-electron chi connectivity index (χ0n) is 15.2. The normalized spacial score (nSPS) is 13.0. The van der Waals surface area contributed by atoms with E-state index >= 15 is 0 Å². The molecule has 0 bridgehead atoms. The van der Waals surface area contributed by atoms with Crippen molar-refractivity contribution in [1.82, 2.24) is 9.88 Å². The predicted octanol–water partition coefficient (Wildman–Crippen LogP) is 4.03. The van der Waals surface area contributed by atoms with E-state index in [1.807, 2.05) is 47.4 Å². The lowest BCUT2D eigenvalue weighted by Gasteiger charge is -2.28. The third kappa shape index (κ3) is 3.77. The molecule has 0 spiro atoms. The summed E-state index contributed by atoms with van der Waals surface area (Å²) in [6, 6.07) is 19.6. The summed E-state index contributed by atoms with van der Waals surface area (Å²) in [5, 5.41) is 3.27. The average molecular weight is 359 g/mol. The summed E-state index contributed by atoms with van der Waals surface area (Å²) >= 11 is 0. The van der Waals surface area contributed by atoms with Gasteiger partial charge < -0.3 is 15.0 Å². The summed E-state index contributed by atoms with van der Waals surface area (Å²) in [5.41, 5.74) is 4.73. The number of hydrogen-bond donors (Lipinski definition) is 1. The van der Waals surface area contributed by atoms with Gasteiger partial charge in [-0.05, 0) is 41.8 Å². The standard InChI is InChI=1S/C22H21N3O2/c1-27-20-8-4-7-18(13-20)24-19-9-10-21(23-14-19)22(26)25-12-11-16-5-2-3-6-17(16)15-25/h2-10,13-14,24H,11-12,15H2,1H3. The monoisotopic (exact) mass is 359 g/mol. The quantitative estimate of drug-likeness (QED) is 0.764. The fourth-order valence-electron chi connectivity index (χ4n) is 3.29. The van der Waals surface area contributed by atoms with Crippen molar-refractivity contribution in [3.8, 4) is 5.75 Å². The molecule has 1 aromatic heterocycles. The van der Waals surface area contributed by atoms with Crippen molar-refractivity contribution in [2.24, 2.45) is 0 Å². The molecule has 0 radical (unpaired) electrons. The molecule has 2 aromatic carbocycles. The summed E-state index contributed by atoms with van der Waals surface area (Å²) < 4.78 is 5.23. The molecule has 0 atom stereocenters. The predicted molar refractivity (Wildman–Crippen MR) is 105 cm³/mol. The van der Waals surface area contributed by atoms with E-state index in [2.05, 4.69) is 22.4 Å². The molecule has 5 heteroatoms. The van der Waals surface area contributed by atoms with Gasteiger partial charge >= 0.3 is 0 Å². The Kier molecular flexibility index (Phi) is 4.75. The number of nitrogens with one attached hydrogen (secondary N) is 1. The smallest absolute Gasteiger partial charge is 0.272 e. The number of benzene rings is 2. The Balaban J connectivity index is 1.45. The number of hydrogen-bond acceptors (Lipinski definition) is 4. The second-order valence-electron chi connectivity index (χ2n) is 6.53. The number of carbonyl (C=O) groups excluding carboxylic acids is 1. The van der Waals surface area contributed by atoms with Crippen molar-refractivity contribution in [3.63, 3.8) is 0 Å². The largest absolute Gasteiger partial charge is 0.497 e. The molecule has 1 aliphatic heterocycles. The van der Waals surface area contributed by atoms with Gasteiger partial charge in [-0.3, -0.25) is 4.79 Å². The van der Waals surface area contributed by atoms with Crippen LogP contribution in [0.4, 0.5) is 11.4 Å². The van der Waals surface area contributed by atoms with Crippen LogP contribution in [0.25, 0.3) is 0 Å². The number of aromatic nitrogens is 1. The van der Waals surface area contributed by atoms with Crippen LogP contribution >= 0.6 is 0 Å². The Hall–Kier alpha value is -3.34. The summed E-state index contributed by atoms with van der Waals surface area (Å²) in [6.45, 7) is 1.36. The lowest BCUT2D eigenvalue weighted by molar-refractivity contribution is 0.0729. The molecule has 1 N–H and O–H groups in total. The molecular formula is C22H21N3O2. The minimum atomic E-state index is -0.0302. The Labute approximate surface area is 158 Å². The number of carbonyl (C=O) groups is 1. The minimum Gasteiger partial charge on any atom is -0.497 e. The fraction of sp³-hybridized carbons (Fsp3) is 0.182. The first-order chi connectivity index (χ1) is 13.2. The van der Waals surface area contributed by atoms with E-state index < -0.39 is 0 Å². The van der Waals surface area contributed by atoms with Gasteiger partial charge in [-0.2, -0.15) is 0 Å². The van der Waals surface area contributed by atoms with Gasteiger partial charge in [0.15, 0.2) is 0 Å². The molecule has 2 heterocycles. The van der Waals surface area contributed by atoms with Gasteiger partial charge in [0.05, 0.1) is 19.0 Å². The molecule has 0 unspecified atom stereocenters. The lowest BCUT2D eigenvalue weighted by atomic mass is 10.00. The first kappa shape index (κ1) is 17.1. The van der Waals surface area contributed by atoms with E-state index in [-0.39, 0.29) is 5.91 Å². The maximum Gasteiger partial charge on any atom is 0.272 e. The average Bonchev–Trinajstić information content (AvgIpc) is 2.73. The third-order valence-corrected chi connectivity index (χ3v) is 4.76. The van der Waals surface area contributed by atoms with Gasteiger partial charge in [0.2, 0.25) is 0 Å². The number of pyridine rings is 1. The fourth-order valence-corrected chi connectivity index (χ4v) is 3.29. The molecule has 0 aliphatic carbocycles. The maximum absolute atomic E-state index is 12.8. The van der Waals surface area contributed by atoms with Crippen LogP contribution in [0.5, 0.6) is 5.75 Å². The molecule has 0 saturated carbocycles. The summed E-state index contributed by atoms with van der Waals surface area (Å²) in [5.74, 6) is 0.752. The number of nitrogens with zero attached hydrogens (tertiary/aromatic N) is 2. The zero-order valence-corrected chi connectivity index (χ0v) is 15.2. The molecule has 3 aromatic rings. The molecular weight excluding hydrogens is 338 g/mol. The van der Waals surface area contributed by atoms with Crippen molar-refractivity contribution < 1.29 is 9.53 Å². The molecule has 27 heavy (non-hydrogen) atoms. The number of amides is 1. The third-order valence-electron chi connectivity index (χ3n) is 4.76. The Morgan fingerprint density at radius 1 is 1.04 bits per heavy atom. The molecule has 0 saturated heterocycles. The molecule has 136 valence electrons. The van der Waals surface area contributed by atoms with Crippen LogP contribution in [-0.2, 0) is 13.0 Å². The van der Waals surface area contributed by atoms with E-state index in [4.69, 9.17) is 4.74 Å². The van der Waals surface area contributed by atoms with E-state index in [9.17, 15) is 4.79 Å². The van der Waals surface area contributed by atoms with Crippen LogP contribution in [0.2, 0.25) is 0 Å². The van der Waals surface area contributed by atoms with Gasteiger partial charge in [0.25, 0.3) is 5.91 Å². The SMILES string of the molecule is COc1cccc(Nc2ccc(C(=O)N3CCc4ccccc4C3)nc2)c1. The Bertz CT molecular complexity index is 954. The van der Waals surface area contributed by atoms with Crippen molar-refractivity contribution in [3.05, 3.63) is 83.7 Å². The van der Waals surface area contributed by atoms with E-state index in [0.29, 0.717) is 12.2 Å². The zero-order chi connectivity index (χ0) is 18.6. The van der Waals surface area contributed by atoms with Gasteiger partial charge in [-0.1, -0.05) is 30.3 Å². The van der Waals surface area contributed by atoms with Gasteiger partial charge in [-0.15, -0.1) is 0 Å².